The molecule has 1 heteroatoms. The summed E-state index contributed by atoms with van der Waals surface area (Å²) < 4.78 is 0. The average molecular weight is 171 g/mol. The van der Waals surface area contributed by atoms with Crippen molar-refractivity contribution in [1.29, 1.82) is 0 Å². The fourth-order valence-corrected chi connectivity index (χ4v) is 1.54. The Kier molecular flexibility index (Phi) is 5.56. The van der Waals surface area contributed by atoms with Gasteiger partial charge in [0.1, 0.15) is 0 Å². The van der Waals surface area contributed by atoms with Gasteiger partial charge in [-0.05, 0) is 18.8 Å². The van der Waals surface area contributed by atoms with E-state index in [1.807, 2.05) is 0 Å². The Hall–Kier alpha value is -0.0400. The summed E-state index contributed by atoms with van der Waals surface area (Å²) >= 11 is 0. The summed E-state index contributed by atoms with van der Waals surface area (Å²) in [4.78, 5) is 0. The van der Waals surface area contributed by atoms with E-state index in [4.69, 9.17) is 0 Å². The first kappa shape index (κ1) is 12.0. The molecule has 0 aromatic rings. The van der Waals surface area contributed by atoms with Crippen molar-refractivity contribution >= 4 is 0 Å². The van der Waals surface area contributed by atoms with Crippen LogP contribution in [-0.2, 0) is 0 Å². The fraction of sp³-hybridized carbons (Fsp3) is 1.00. The highest BCUT2D eigenvalue weighted by Crippen LogP contribution is 2.18. The van der Waals surface area contributed by atoms with Crippen molar-refractivity contribution < 1.29 is 0 Å². The van der Waals surface area contributed by atoms with E-state index in [-0.39, 0.29) is 0 Å². The highest BCUT2D eigenvalue weighted by molar-refractivity contribution is 4.73. The van der Waals surface area contributed by atoms with Crippen LogP contribution in [0.5, 0.6) is 0 Å². The molecule has 0 aromatic carbocycles. The summed E-state index contributed by atoms with van der Waals surface area (Å²) in [5.74, 6) is 1.60. The third-order valence-electron chi connectivity index (χ3n) is 2.93. The molecule has 0 amide bonds. The van der Waals surface area contributed by atoms with Crippen LogP contribution in [0.3, 0.4) is 0 Å². The summed E-state index contributed by atoms with van der Waals surface area (Å²) in [6.07, 6.45) is 1.28. The highest BCUT2D eigenvalue weighted by atomic mass is 14.9. The van der Waals surface area contributed by atoms with Gasteiger partial charge in [-0.3, -0.25) is 0 Å². The molecule has 74 valence electrons. The lowest BCUT2D eigenvalue weighted by atomic mass is 9.88. The van der Waals surface area contributed by atoms with E-state index < -0.39 is 0 Å². The lowest BCUT2D eigenvalue weighted by Gasteiger charge is -2.27. The number of rotatable bonds is 5. The maximum atomic E-state index is 3.56. The van der Waals surface area contributed by atoms with Gasteiger partial charge >= 0.3 is 0 Å². The van der Waals surface area contributed by atoms with Gasteiger partial charge in [0.05, 0.1) is 0 Å². The monoisotopic (exact) mass is 171 g/mol. The maximum Gasteiger partial charge on any atom is 0.00692 e. The molecule has 3 unspecified atom stereocenters. The molecule has 0 fully saturated rings. The number of hydrogen-bond donors (Lipinski definition) is 1. The summed E-state index contributed by atoms with van der Waals surface area (Å²) in [6.45, 7) is 13.6. The Balaban J connectivity index is 3.83. The second-order valence-corrected chi connectivity index (χ2v) is 4.35. The molecule has 1 N–H and O–H groups in total. The van der Waals surface area contributed by atoms with Crippen molar-refractivity contribution in [2.24, 2.45) is 11.8 Å². The Bertz CT molecular complexity index is 110. The first-order chi connectivity index (χ1) is 5.49. The van der Waals surface area contributed by atoms with Crippen LogP contribution in [0.15, 0.2) is 0 Å². The van der Waals surface area contributed by atoms with Crippen LogP contribution in [0.1, 0.15) is 48.0 Å². The largest absolute Gasteiger partial charge is 0.312 e. The van der Waals surface area contributed by atoms with Crippen molar-refractivity contribution in [2.45, 2.75) is 60.0 Å². The van der Waals surface area contributed by atoms with Crippen molar-refractivity contribution in [1.82, 2.24) is 5.32 Å². The first-order valence-corrected chi connectivity index (χ1v) is 5.25. The van der Waals surface area contributed by atoms with E-state index in [1.165, 1.54) is 6.42 Å². The van der Waals surface area contributed by atoms with E-state index in [0.717, 1.165) is 11.8 Å². The Morgan fingerprint density at radius 2 is 1.50 bits per heavy atom. The van der Waals surface area contributed by atoms with E-state index in [2.05, 4.69) is 46.9 Å². The molecule has 0 heterocycles. The molecule has 12 heavy (non-hydrogen) atoms. The normalized spacial score (nSPS) is 19.2. The maximum absolute atomic E-state index is 3.56. The molecule has 0 aliphatic carbocycles. The van der Waals surface area contributed by atoms with Crippen LogP contribution in [0.4, 0.5) is 0 Å². The molecule has 0 spiro atoms. The second kappa shape index (κ2) is 5.58. The van der Waals surface area contributed by atoms with Crippen LogP contribution in [-0.4, -0.2) is 12.1 Å². The topological polar surface area (TPSA) is 12.0 Å². The minimum Gasteiger partial charge on any atom is -0.312 e. The van der Waals surface area contributed by atoms with E-state index >= 15 is 0 Å². The summed E-state index contributed by atoms with van der Waals surface area (Å²) in [6, 6.07) is 1.24. The van der Waals surface area contributed by atoms with Gasteiger partial charge in [-0.2, -0.15) is 0 Å². The van der Waals surface area contributed by atoms with Crippen molar-refractivity contribution in [3.8, 4) is 0 Å². The van der Waals surface area contributed by atoms with Gasteiger partial charge in [0.2, 0.25) is 0 Å². The fourth-order valence-electron chi connectivity index (χ4n) is 1.54. The molecular formula is C11H25N. The predicted octanol–water partition coefficient (Wildman–Crippen LogP) is 3.06. The SMILES string of the molecule is CCC(C)C(C)C(C)NC(C)C. The second-order valence-electron chi connectivity index (χ2n) is 4.35. The molecule has 0 aromatic heterocycles. The highest BCUT2D eigenvalue weighted by Gasteiger charge is 2.17. The molecule has 1 nitrogen and oxygen atoms in total. The summed E-state index contributed by atoms with van der Waals surface area (Å²) in [5, 5.41) is 3.56. The van der Waals surface area contributed by atoms with Gasteiger partial charge < -0.3 is 5.32 Å². The smallest absolute Gasteiger partial charge is 0.00692 e. The summed E-state index contributed by atoms with van der Waals surface area (Å²) in [7, 11) is 0. The Labute approximate surface area is 77.9 Å². The van der Waals surface area contributed by atoms with Gasteiger partial charge in [0.15, 0.2) is 0 Å². The molecule has 0 saturated carbocycles. The zero-order valence-corrected chi connectivity index (χ0v) is 9.52. The zero-order valence-electron chi connectivity index (χ0n) is 9.52. The third kappa shape index (κ3) is 4.10. The van der Waals surface area contributed by atoms with E-state index in [1.54, 1.807) is 0 Å². The molecule has 0 aliphatic heterocycles. The van der Waals surface area contributed by atoms with Crippen molar-refractivity contribution in [3.63, 3.8) is 0 Å². The Morgan fingerprint density at radius 1 is 1.00 bits per heavy atom. The first-order valence-electron chi connectivity index (χ1n) is 5.25. The number of hydrogen-bond acceptors (Lipinski definition) is 1. The summed E-state index contributed by atoms with van der Waals surface area (Å²) in [5.41, 5.74) is 0. The standard InChI is InChI=1S/C11H25N/c1-7-9(4)10(5)11(6)12-8(2)3/h8-12H,7H2,1-6H3. The minimum absolute atomic E-state index is 0.603. The lowest BCUT2D eigenvalue weighted by molar-refractivity contribution is 0.279. The molecule has 0 saturated heterocycles. The molecule has 0 bridgehead atoms. The van der Waals surface area contributed by atoms with Gasteiger partial charge in [0, 0.05) is 12.1 Å². The van der Waals surface area contributed by atoms with Crippen LogP contribution in [0, 0.1) is 11.8 Å². The third-order valence-corrected chi connectivity index (χ3v) is 2.93. The van der Waals surface area contributed by atoms with Gasteiger partial charge in [0.25, 0.3) is 0 Å². The van der Waals surface area contributed by atoms with E-state index in [0.29, 0.717) is 12.1 Å². The number of nitrogens with one attached hydrogen (secondary N) is 1. The average Bonchev–Trinajstić information content (AvgIpc) is 2.00. The van der Waals surface area contributed by atoms with Gasteiger partial charge in [-0.15, -0.1) is 0 Å². The van der Waals surface area contributed by atoms with Crippen LogP contribution < -0.4 is 5.32 Å². The quantitative estimate of drug-likeness (QED) is 0.670. The molecule has 0 aliphatic rings. The van der Waals surface area contributed by atoms with Crippen molar-refractivity contribution in [2.75, 3.05) is 0 Å². The van der Waals surface area contributed by atoms with Crippen LogP contribution in [0.25, 0.3) is 0 Å². The molecule has 0 radical (unpaired) electrons. The lowest BCUT2D eigenvalue weighted by Crippen LogP contribution is -2.39. The van der Waals surface area contributed by atoms with Gasteiger partial charge in [-0.1, -0.05) is 41.0 Å². The zero-order chi connectivity index (χ0) is 9.72. The Morgan fingerprint density at radius 3 is 1.83 bits per heavy atom. The van der Waals surface area contributed by atoms with Crippen molar-refractivity contribution in [3.05, 3.63) is 0 Å². The van der Waals surface area contributed by atoms with Gasteiger partial charge in [-0.25, -0.2) is 0 Å². The minimum atomic E-state index is 0.603. The molecule has 0 rings (SSSR count). The van der Waals surface area contributed by atoms with Crippen LogP contribution in [0.2, 0.25) is 0 Å². The van der Waals surface area contributed by atoms with E-state index in [9.17, 15) is 0 Å². The molecule has 3 atom stereocenters. The van der Waals surface area contributed by atoms with Crippen LogP contribution >= 0.6 is 0 Å². The predicted molar refractivity (Wildman–Crippen MR) is 56.4 cm³/mol. The molecular weight excluding hydrogens is 146 g/mol.